The molecule has 2 heterocycles. The van der Waals surface area contributed by atoms with Gasteiger partial charge in [0.25, 0.3) is 0 Å². The van der Waals surface area contributed by atoms with E-state index in [-0.39, 0.29) is 18.7 Å². The Hall–Kier alpha value is -2.30. The number of aliphatic hydroxyl groups is 3. The van der Waals surface area contributed by atoms with Crippen LogP contribution in [-0.2, 0) is 11.2 Å². The molecule has 4 rings (SSSR count). The topological polar surface area (TPSA) is 131 Å². The molecule has 38 heavy (non-hydrogen) atoms. The maximum absolute atomic E-state index is 14.5. The van der Waals surface area contributed by atoms with E-state index < -0.39 is 48.8 Å². The van der Waals surface area contributed by atoms with Crippen molar-refractivity contribution in [3.05, 3.63) is 78.2 Å². The van der Waals surface area contributed by atoms with Gasteiger partial charge in [-0.15, -0.1) is 11.3 Å². The lowest BCUT2D eigenvalue weighted by Gasteiger charge is -2.29. The third-order valence-corrected chi connectivity index (χ3v) is 8.16. The van der Waals surface area contributed by atoms with Gasteiger partial charge in [-0.05, 0) is 86.5 Å². The molecule has 202 valence electrons. The Morgan fingerprint density at radius 3 is 2.61 bits per heavy atom. The number of thiophene rings is 1. The number of carbonyl (C=O) groups excluding carboxylic acids is 2. The van der Waals surface area contributed by atoms with Crippen LogP contribution in [0, 0.1) is 9.39 Å². The predicted molar refractivity (Wildman–Crippen MR) is 151 cm³/mol. The van der Waals surface area contributed by atoms with Gasteiger partial charge in [0.05, 0.1) is 16.1 Å². The molecule has 5 N–H and O–H groups in total. The number of urea groups is 1. The molecule has 0 saturated carbocycles. The Kier molecular flexibility index (Phi) is 9.59. The fourth-order valence-corrected chi connectivity index (χ4v) is 5.91. The van der Waals surface area contributed by atoms with Crippen molar-refractivity contribution in [2.24, 2.45) is 0 Å². The number of anilines is 1. The first kappa shape index (κ1) is 28.7. The molecule has 0 aliphatic carbocycles. The average molecular weight is 720 g/mol. The van der Waals surface area contributed by atoms with Crippen molar-refractivity contribution in [1.82, 2.24) is 10.2 Å². The Morgan fingerprint density at radius 2 is 1.97 bits per heavy atom. The highest BCUT2D eigenvalue weighted by Crippen LogP contribution is 2.32. The second-order valence-electron chi connectivity index (χ2n) is 8.50. The highest BCUT2D eigenvalue weighted by atomic mass is 127. The van der Waals surface area contributed by atoms with Crippen LogP contribution in [0.3, 0.4) is 0 Å². The first-order chi connectivity index (χ1) is 18.2. The summed E-state index contributed by atoms with van der Waals surface area (Å²) in [7, 11) is 0. The SMILES string of the molecule is O=C(Nc1ccc(I)cc1F)C(Cc1ccc(Br)s1)N1C(=O)N[C@H](c2ccc(OC[C@H](O)CO)cc2)C1O. The molecular formula is C25H24BrFIN3O6S. The van der Waals surface area contributed by atoms with Gasteiger partial charge in [-0.25, -0.2) is 9.18 Å². The van der Waals surface area contributed by atoms with Crippen molar-refractivity contribution in [2.75, 3.05) is 18.5 Å². The van der Waals surface area contributed by atoms with E-state index in [9.17, 15) is 24.2 Å². The number of benzene rings is 2. The van der Waals surface area contributed by atoms with Crippen molar-refractivity contribution in [3.8, 4) is 5.75 Å². The summed E-state index contributed by atoms with van der Waals surface area (Å²) in [6.07, 6.45) is -2.31. The third-order valence-electron chi connectivity index (χ3n) is 5.84. The Labute approximate surface area is 243 Å². The highest BCUT2D eigenvalue weighted by Gasteiger charge is 2.45. The first-order valence-corrected chi connectivity index (χ1v) is 14.1. The van der Waals surface area contributed by atoms with E-state index >= 15 is 0 Å². The lowest BCUT2D eigenvalue weighted by molar-refractivity contribution is -0.123. The number of aliphatic hydroxyl groups excluding tert-OH is 3. The van der Waals surface area contributed by atoms with E-state index in [0.29, 0.717) is 14.9 Å². The van der Waals surface area contributed by atoms with E-state index in [2.05, 4.69) is 26.6 Å². The van der Waals surface area contributed by atoms with Crippen molar-refractivity contribution in [2.45, 2.75) is 30.8 Å². The van der Waals surface area contributed by atoms with Crippen LogP contribution < -0.4 is 15.4 Å². The van der Waals surface area contributed by atoms with E-state index in [0.717, 1.165) is 13.6 Å². The van der Waals surface area contributed by atoms with Gasteiger partial charge in [0.1, 0.15) is 36.4 Å². The highest BCUT2D eigenvalue weighted by molar-refractivity contribution is 14.1. The van der Waals surface area contributed by atoms with Gasteiger partial charge in [0.15, 0.2) is 6.23 Å². The minimum absolute atomic E-state index is 0.0275. The summed E-state index contributed by atoms with van der Waals surface area (Å²) >= 11 is 6.74. The van der Waals surface area contributed by atoms with Crippen LogP contribution in [0.2, 0.25) is 0 Å². The molecule has 1 aliphatic heterocycles. The monoisotopic (exact) mass is 719 g/mol. The summed E-state index contributed by atoms with van der Waals surface area (Å²) in [5, 5.41) is 34.8. The molecule has 0 spiro atoms. The number of halogens is 3. The second kappa shape index (κ2) is 12.7. The summed E-state index contributed by atoms with van der Waals surface area (Å²) in [6.45, 7) is -0.523. The predicted octanol–water partition coefficient (Wildman–Crippen LogP) is 3.62. The van der Waals surface area contributed by atoms with Gasteiger partial charge >= 0.3 is 6.03 Å². The molecule has 9 nitrogen and oxygen atoms in total. The van der Waals surface area contributed by atoms with Crippen LogP contribution >= 0.6 is 49.9 Å². The number of hydrogen-bond donors (Lipinski definition) is 5. The Balaban J connectivity index is 1.55. The lowest BCUT2D eigenvalue weighted by Crippen LogP contribution is -2.50. The van der Waals surface area contributed by atoms with Crippen LogP contribution in [0.1, 0.15) is 16.5 Å². The van der Waals surface area contributed by atoms with E-state index in [1.807, 2.05) is 34.7 Å². The van der Waals surface area contributed by atoms with Crippen molar-refractivity contribution < 1.29 is 34.0 Å². The van der Waals surface area contributed by atoms with Crippen LogP contribution in [0.4, 0.5) is 14.9 Å². The van der Waals surface area contributed by atoms with Crippen LogP contribution in [0.25, 0.3) is 0 Å². The number of rotatable bonds is 10. The molecule has 1 fully saturated rings. The largest absolute Gasteiger partial charge is 0.491 e. The molecular weight excluding hydrogens is 696 g/mol. The van der Waals surface area contributed by atoms with Crippen molar-refractivity contribution in [1.29, 1.82) is 0 Å². The third kappa shape index (κ3) is 6.82. The molecule has 4 atom stereocenters. The maximum atomic E-state index is 14.5. The molecule has 1 saturated heterocycles. The van der Waals surface area contributed by atoms with E-state index in [1.54, 1.807) is 30.3 Å². The summed E-state index contributed by atoms with van der Waals surface area (Å²) in [5.74, 6) is -0.825. The van der Waals surface area contributed by atoms with Gasteiger partial charge < -0.3 is 30.7 Å². The number of ether oxygens (including phenoxy) is 1. The normalized spacial score (nSPS) is 18.7. The first-order valence-electron chi connectivity index (χ1n) is 11.4. The molecule has 3 amide bonds. The minimum atomic E-state index is -1.40. The average Bonchev–Trinajstić information content (AvgIpc) is 3.44. The standard InChI is InChI=1S/C25H24BrFIN3O6S/c26-21-8-6-17(38-21)10-20(23(34)29-19-7-3-14(28)9-18(19)27)31-24(35)22(30-25(31)36)13-1-4-16(5-2-13)37-12-15(33)11-32/h1-9,15,20,22,24,32-33,35H,10-12H2,(H,29,34)(H,30,36)/t15-,20?,22-,24?/m1/s1. The number of amides is 3. The number of carbonyl (C=O) groups is 2. The smallest absolute Gasteiger partial charge is 0.320 e. The molecule has 2 unspecified atom stereocenters. The van der Waals surface area contributed by atoms with Crippen LogP contribution in [0.15, 0.2) is 58.4 Å². The Morgan fingerprint density at radius 1 is 1.24 bits per heavy atom. The van der Waals surface area contributed by atoms with Gasteiger partial charge in [0.2, 0.25) is 5.91 Å². The summed E-state index contributed by atoms with van der Waals surface area (Å²) < 4.78 is 21.4. The zero-order chi connectivity index (χ0) is 27.4. The quantitative estimate of drug-likeness (QED) is 0.204. The fourth-order valence-electron chi connectivity index (χ4n) is 3.94. The van der Waals surface area contributed by atoms with Gasteiger partial charge in [-0.2, -0.15) is 0 Å². The van der Waals surface area contributed by atoms with Crippen LogP contribution in [0.5, 0.6) is 5.75 Å². The summed E-state index contributed by atoms with van der Waals surface area (Å²) in [5.41, 5.74) is 0.533. The van der Waals surface area contributed by atoms with Gasteiger partial charge in [0, 0.05) is 14.9 Å². The molecule has 2 aromatic carbocycles. The lowest BCUT2D eigenvalue weighted by atomic mass is 10.0. The van der Waals surface area contributed by atoms with E-state index in [4.69, 9.17) is 9.84 Å². The number of hydrogen-bond acceptors (Lipinski definition) is 7. The number of nitrogens with zero attached hydrogens (tertiary/aromatic N) is 1. The number of nitrogens with one attached hydrogen (secondary N) is 2. The minimum Gasteiger partial charge on any atom is -0.491 e. The summed E-state index contributed by atoms with van der Waals surface area (Å²) in [4.78, 5) is 28.3. The molecule has 0 radical (unpaired) electrons. The molecule has 13 heteroatoms. The fraction of sp³-hybridized carbons (Fsp3) is 0.280. The van der Waals surface area contributed by atoms with E-state index in [1.165, 1.54) is 23.5 Å². The molecule has 3 aromatic rings. The van der Waals surface area contributed by atoms with Crippen LogP contribution in [-0.4, -0.2) is 63.7 Å². The zero-order valence-electron chi connectivity index (χ0n) is 19.7. The summed E-state index contributed by atoms with van der Waals surface area (Å²) in [6, 6.07) is 11.9. The van der Waals surface area contributed by atoms with Gasteiger partial charge in [-0.1, -0.05) is 12.1 Å². The Bertz CT molecular complexity index is 1300. The van der Waals surface area contributed by atoms with Crippen molar-refractivity contribution in [3.63, 3.8) is 0 Å². The zero-order valence-corrected chi connectivity index (χ0v) is 24.2. The maximum Gasteiger partial charge on any atom is 0.320 e. The molecule has 1 aromatic heterocycles. The van der Waals surface area contributed by atoms with Crippen molar-refractivity contribution >= 4 is 67.5 Å². The molecule has 1 aliphatic rings. The second-order valence-corrected chi connectivity index (χ2v) is 12.3. The molecule has 0 bridgehead atoms. The van der Waals surface area contributed by atoms with Gasteiger partial charge in [-0.3, -0.25) is 9.69 Å².